The Morgan fingerprint density at radius 2 is 1.82 bits per heavy atom. The molecule has 0 aliphatic carbocycles. The number of fused-ring (bicyclic) bond motifs is 1. The summed E-state index contributed by atoms with van der Waals surface area (Å²) in [5, 5.41) is 10.2. The molecule has 22 heavy (non-hydrogen) atoms. The van der Waals surface area contributed by atoms with Crippen LogP contribution in [0.25, 0.3) is 0 Å². The van der Waals surface area contributed by atoms with E-state index in [0.717, 1.165) is 28.0 Å². The number of hydrogen-bond donors (Lipinski definition) is 1. The highest BCUT2D eigenvalue weighted by Crippen LogP contribution is 2.41. The molecule has 4 rings (SSSR count). The SMILES string of the molecule is Clc1ccccc1[C@@H]1Nn2c(Cc3ccccc3)nnc2S1. The zero-order chi connectivity index (χ0) is 14.9. The maximum Gasteiger partial charge on any atom is 0.212 e. The Bertz CT molecular complexity index is 803. The fourth-order valence-corrected chi connectivity index (χ4v) is 3.83. The molecule has 0 spiro atoms. The van der Waals surface area contributed by atoms with Gasteiger partial charge in [-0.1, -0.05) is 71.9 Å². The molecule has 2 heterocycles. The van der Waals surface area contributed by atoms with Crippen LogP contribution in [0.1, 0.15) is 22.3 Å². The molecule has 1 aliphatic rings. The number of nitrogens with zero attached hydrogens (tertiary/aromatic N) is 3. The van der Waals surface area contributed by atoms with Gasteiger partial charge in [0.1, 0.15) is 5.37 Å². The highest BCUT2D eigenvalue weighted by Gasteiger charge is 2.28. The number of hydrogen-bond acceptors (Lipinski definition) is 4. The molecule has 2 aromatic carbocycles. The monoisotopic (exact) mass is 328 g/mol. The zero-order valence-electron chi connectivity index (χ0n) is 11.6. The lowest BCUT2D eigenvalue weighted by Gasteiger charge is -2.13. The smallest absolute Gasteiger partial charge is 0.212 e. The molecule has 3 aromatic rings. The Morgan fingerprint density at radius 1 is 1.05 bits per heavy atom. The van der Waals surface area contributed by atoms with Crippen molar-refractivity contribution in [3.8, 4) is 0 Å². The average molecular weight is 329 g/mol. The van der Waals surface area contributed by atoms with Crippen molar-refractivity contribution < 1.29 is 0 Å². The van der Waals surface area contributed by atoms with E-state index >= 15 is 0 Å². The van der Waals surface area contributed by atoms with Gasteiger partial charge in [0.15, 0.2) is 5.82 Å². The number of halogens is 1. The molecule has 0 radical (unpaired) electrons. The van der Waals surface area contributed by atoms with Crippen LogP contribution < -0.4 is 5.43 Å². The van der Waals surface area contributed by atoms with E-state index < -0.39 is 0 Å². The molecule has 1 atom stereocenters. The van der Waals surface area contributed by atoms with Gasteiger partial charge in [-0.3, -0.25) is 0 Å². The van der Waals surface area contributed by atoms with E-state index in [1.807, 2.05) is 47.1 Å². The van der Waals surface area contributed by atoms with Crippen molar-refractivity contribution in [2.45, 2.75) is 17.0 Å². The van der Waals surface area contributed by atoms with Crippen molar-refractivity contribution in [3.05, 3.63) is 76.6 Å². The maximum atomic E-state index is 6.29. The molecule has 0 amide bonds. The van der Waals surface area contributed by atoms with E-state index in [0.29, 0.717) is 0 Å². The quantitative estimate of drug-likeness (QED) is 0.792. The van der Waals surface area contributed by atoms with E-state index in [9.17, 15) is 0 Å². The molecule has 6 heteroatoms. The number of rotatable bonds is 3. The summed E-state index contributed by atoms with van der Waals surface area (Å²) in [4.78, 5) is 0. The van der Waals surface area contributed by atoms with Crippen molar-refractivity contribution in [2.24, 2.45) is 0 Å². The lowest BCUT2D eigenvalue weighted by Crippen LogP contribution is -2.16. The van der Waals surface area contributed by atoms with Crippen molar-refractivity contribution in [2.75, 3.05) is 5.43 Å². The van der Waals surface area contributed by atoms with Crippen LogP contribution in [-0.4, -0.2) is 14.9 Å². The largest absolute Gasteiger partial charge is 0.304 e. The third-order valence-corrected chi connectivity index (χ3v) is 4.98. The van der Waals surface area contributed by atoms with Crippen LogP contribution in [0.2, 0.25) is 5.02 Å². The first kappa shape index (κ1) is 13.7. The minimum atomic E-state index is 0.0636. The average Bonchev–Trinajstić information content (AvgIpc) is 3.11. The third kappa shape index (κ3) is 2.46. The summed E-state index contributed by atoms with van der Waals surface area (Å²) in [6, 6.07) is 18.1. The molecule has 0 saturated carbocycles. The highest BCUT2D eigenvalue weighted by atomic mass is 35.5. The van der Waals surface area contributed by atoms with Gasteiger partial charge in [-0.2, -0.15) is 0 Å². The van der Waals surface area contributed by atoms with Crippen molar-refractivity contribution in [1.29, 1.82) is 0 Å². The molecule has 1 N–H and O–H groups in total. The molecule has 0 bridgehead atoms. The molecule has 0 saturated heterocycles. The van der Waals surface area contributed by atoms with Crippen LogP contribution in [0.15, 0.2) is 59.8 Å². The zero-order valence-corrected chi connectivity index (χ0v) is 13.2. The van der Waals surface area contributed by atoms with Crippen molar-refractivity contribution >= 4 is 23.4 Å². The van der Waals surface area contributed by atoms with Crippen LogP contribution >= 0.6 is 23.4 Å². The Balaban J connectivity index is 1.59. The van der Waals surface area contributed by atoms with Gasteiger partial charge in [0.2, 0.25) is 5.16 Å². The van der Waals surface area contributed by atoms with Crippen LogP contribution in [0.3, 0.4) is 0 Å². The Labute approximate surface area is 137 Å². The lowest BCUT2D eigenvalue weighted by molar-refractivity contribution is 0.747. The Kier molecular flexibility index (Phi) is 3.52. The molecule has 4 nitrogen and oxygen atoms in total. The molecular formula is C16H13ClN4S. The minimum absolute atomic E-state index is 0.0636. The minimum Gasteiger partial charge on any atom is -0.304 e. The summed E-state index contributed by atoms with van der Waals surface area (Å²) in [6.45, 7) is 0. The Hall–Kier alpha value is -1.98. The topological polar surface area (TPSA) is 42.7 Å². The predicted octanol–water partition coefficient (Wildman–Crippen LogP) is 3.87. The van der Waals surface area contributed by atoms with Crippen molar-refractivity contribution in [1.82, 2.24) is 14.9 Å². The summed E-state index contributed by atoms with van der Waals surface area (Å²) < 4.78 is 1.96. The first-order valence-electron chi connectivity index (χ1n) is 6.97. The fourth-order valence-electron chi connectivity index (χ4n) is 2.47. The first-order valence-corrected chi connectivity index (χ1v) is 8.23. The van der Waals surface area contributed by atoms with Gasteiger partial charge < -0.3 is 5.43 Å². The second kappa shape index (κ2) is 5.66. The van der Waals surface area contributed by atoms with E-state index in [-0.39, 0.29) is 5.37 Å². The summed E-state index contributed by atoms with van der Waals surface area (Å²) in [5.41, 5.74) is 5.70. The first-order chi connectivity index (χ1) is 10.8. The van der Waals surface area contributed by atoms with Crippen LogP contribution in [0.5, 0.6) is 0 Å². The van der Waals surface area contributed by atoms with Gasteiger partial charge in [0, 0.05) is 17.0 Å². The van der Waals surface area contributed by atoms with Gasteiger partial charge in [0.05, 0.1) is 0 Å². The second-order valence-corrected chi connectivity index (χ2v) is 6.52. The van der Waals surface area contributed by atoms with Gasteiger partial charge in [0.25, 0.3) is 0 Å². The number of thioether (sulfide) groups is 1. The second-order valence-electron chi connectivity index (χ2n) is 5.05. The molecule has 1 aliphatic heterocycles. The Morgan fingerprint density at radius 3 is 2.64 bits per heavy atom. The molecular weight excluding hydrogens is 316 g/mol. The number of benzene rings is 2. The van der Waals surface area contributed by atoms with E-state index in [1.54, 1.807) is 11.8 Å². The third-order valence-electron chi connectivity index (χ3n) is 3.56. The van der Waals surface area contributed by atoms with E-state index in [1.165, 1.54) is 5.56 Å². The summed E-state index contributed by atoms with van der Waals surface area (Å²) in [5.74, 6) is 0.906. The van der Waals surface area contributed by atoms with Gasteiger partial charge in [-0.25, -0.2) is 4.68 Å². The van der Waals surface area contributed by atoms with Crippen LogP contribution in [0.4, 0.5) is 0 Å². The van der Waals surface area contributed by atoms with E-state index in [2.05, 4.69) is 27.8 Å². The number of nitrogens with one attached hydrogen (secondary N) is 1. The molecule has 1 aromatic heterocycles. The fraction of sp³-hybridized carbons (Fsp3) is 0.125. The standard InChI is InChI=1S/C16H13ClN4S/c17-13-9-5-4-8-12(13)15-20-21-14(18-19-16(21)22-15)10-11-6-2-1-3-7-11/h1-9,15,20H,10H2/t15-/m1/s1. The molecule has 110 valence electrons. The van der Waals surface area contributed by atoms with Gasteiger partial charge in [-0.05, 0) is 11.6 Å². The lowest BCUT2D eigenvalue weighted by atomic mass is 10.1. The maximum absolute atomic E-state index is 6.29. The molecule has 0 unspecified atom stereocenters. The van der Waals surface area contributed by atoms with Gasteiger partial charge in [-0.15, -0.1) is 10.2 Å². The number of aromatic nitrogens is 3. The van der Waals surface area contributed by atoms with Crippen LogP contribution in [0, 0.1) is 0 Å². The summed E-state index contributed by atoms with van der Waals surface area (Å²) in [6.07, 6.45) is 0.747. The van der Waals surface area contributed by atoms with E-state index in [4.69, 9.17) is 11.6 Å². The summed E-state index contributed by atoms with van der Waals surface area (Å²) >= 11 is 7.91. The molecule has 0 fully saturated rings. The summed E-state index contributed by atoms with van der Waals surface area (Å²) in [7, 11) is 0. The highest BCUT2D eigenvalue weighted by molar-refractivity contribution is 7.99. The normalized spacial score (nSPS) is 16.3. The predicted molar refractivity (Wildman–Crippen MR) is 88.7 cm³/mol. The van der Waals surface area contributed by atoms with Gasteiger partial charge >= 0.3 is 0 Å². The van der Waals surface area contributed by atoms with Crippen molar-refractivity contribution in [3.63, 3.8) is 0 Å². The van der Waals surface area contributed by atoms with Crippen LogP contribution in [-0.2, 0) is 6.42 Å².